The van der Waals surface area contributed by atoms with Gasteiger partial charge in [-0.15, -0.1) is 0 Å². The Morgan fingerprint density at radius 1 is 1.40 bits per heavy atom. The second-order valence-electron chi connectivity index (χ2n) is 4.82. The number of hydrogen-bond acceptors (Lipinski definition) is 3. The second-order valence-corrected chi connectivity index (χ2v) is 4.82. The molecule has 0 saturated carbocycles. The van der Waals surface area contributed by atoms with Crippen LogP contribution in [0.3, 0.4) is 0 Å². The maximum Gasteiger partial charge on any atom is 0.274 e. The summed E-state index contributed by atoms with van der Waals surface area (Å²) >= 11 is 0. The molecule has 1 amide bonds. The van der Waals surface area contributed by atoms with Gasteiger partial charge in [0.1, 0.15) is 0 Å². The van der Waals surface area contributed by atoms with Crippen molar-refractivity contribution in [2.24, 2.45) is 0 Å². The summed E-state index contributed by atoms with van der Waals surface area (Å²) in [7, 11) is 0. The third kappa shape index (κ3) is 2.99. The van der Waals surface area contributed by atoms with Gasteiger partial charge in [0, 0.05) is 0 Å². The van der Waals surface area contributed by atoms with Crippen LogP contribution in [-0.4, -0.2) is 16.1 Å². The fraction of sp³-hybridized carbons (Fsp3) is 0.333. The van der Waals surface area contributed by atoms with E-state index in [1.54, 1.807) is 0 Å². The van der Waals surface area contributed by atoms with Crippen LogP contribution in [0.1, 0.15) is 48.1 Å². The van der Waals surface area contributed by atoms with Crippen LogP contribution in [0.25, 0.3) is 0 Å². The Bertz CT molecular complexity index is 577. The molecule has 0 spiro atoms. The molecule has 0 unspecified atom stereocenters. The highest BCUT2D eigenvalue weighted by atomic mass is 16.2. The summed E-state index contributed by atoms with van der Waals surface area (Å²) < 4.78 is 0. The predicted molar refractivity (Wildman–Crippen MR) is 79.3 cm³/mol. The summed E-state index contributed by atoms with van der Waals surface area (Å²) in [6.07, 6.45) is 1.74. The van der Waals surface area contributed by atoms with Crippen molar-refractivity contribution in [1.82, 2.24) is 15.5 Å². The number of nitrogens with zero attached hydrogens (tertiary/aromatic N) is 1. The molecule has 106 valence electrons. The molecule has 5 nitrogen and oxygen atoms in total. The van der Waals surface area contributed by atoms with Crippen LogP contribution >= 0.6 is 0 Å². The van der Waals surface area contributed by atoms with E-state index in [-0.39, 0.29) is 17.6 Å². The van der Waals surface area contributed by atoms with Crippen LogP contribution < -0.4 is 11.1 Å². The van der Waals surface area contributed by atoms with E-state index in [0.29, 0.717) is 5.69 Å². The van der Waals surface area contributed by atoms with E-state index in [1.807, 2.05) is 37.3 Å². The van der Waals surface area contributed by atoms with Gasteiger partial charge in [0.25, 0.3) is 5.91 Å². The summed E-state index contributed by atoms with van der Waals surface area (Å²) in [6, 6.07) is 9.69. The molecule has 0 saturated heterocycles. The molecule has 0 aliphatic heterocycles. The normalized spacial score (nSPS) is 12.1. The van der Waals surface area contributed by atoms with Crippen LogP contribution in [0.4, 0.5) is 5.69 Å². The quantitative estimate of drug-likeness (QED) is 0.781. The van der Waals surface area contributed by atoms with Crippen LogP contribution in [0.5, 0.6) is 0 Å². The summed E-state index contributed by atoms with van der Waals surface area (Å²) in [5.41, 5.74) is 8.54. The lowest BCUT2D eigenvalue weighted by Gasteiger charge is -2.13. The average Bonchev–Trinajstić information content (AvgIpc) is 2.82. The maximum absolute atomic E-state index is 12.2. The largest absolute Gasteiger partial charge is 0.395 e. The van der Waals surface area contributed by atoms with Crippen molar-refractivity contribution in [3.8, 4) is 0 Å². The smallest absolute Gasteiger partial charge is 0.274 e. The monoisotopic (exact) mass is 272 g/mol. The average molecular weight is 272 g/mol. The highest BCUT2D eigenvalue weighted by molar-refractivity contribution is 5.97. The van der Waals surface area contributed by atoms with E-state index in [1.165, 1.54) is 0 Å². The first-order chi connectivity index (χ1) is 9.63. The molecule has 0 fully saturated rings. The highest BCUT2D eigenvalue weighted by Crippen LogP contribution is 2.17. The van der Waals surface area contributed by atoms with Crippen molar-refractivity contribution in [3.05, 3.63) is 47.3 Å². The highest BCUT2D eigenvalue weighted by Gasteiger charge is 2.18. The first kappa shape index (κ1) is 14.1. The standard InChI is InChI=1S/C15H20N4O/c1-3-7-12-13(16)14(19-18-12)15(20)17-10(2)11-8-5-4-6-9-11/h4-6,8-10H,3,7,16H2,1-2H3,(H,17,20)(H,18,19)/t10-/m1/s1. The van der Waals surface area contributed by atoms with Crippen LogP contribution in [0.15, 0.2) is 30.3 Å². The number of hydrogen-bond donors (Lipinski definition) is 3. The van der Waals surface area contributed by atoms with Gasteiger partial charge >= 0.3 is 0 Å². The molecule has 1 atom stereocenters. The van der Waals surface area contributed by atoms with Gasteiger partial charge in [-0.25, -0.2) is 0 Å². The minimum atomic E-state index is -0.252. The molecule has 4 N–H and O–H groups in total. The first-order valence-corrected chi connectivity index (χ1v) is 6.82. The predicted octanol–water partition coefficient (Wildman–Crippen LogP) is 2.44. The van der Waals surface area contributed by atoms with Crippen molar-refractivity contribution in [3.63, 3.8) is 0 Å². The lowest BCUT2D eigenvalue weighted by molar-refractivity contribution is 0.0935. The number of nitrogen functional groups attached to an aromatic ring is 1. The SMILES string of the molecule is CCCc1[nH]nc(C(=O)N[C@H](C)c2ccccc2)c1N. The number of benzene rings is 1. The van der Waals surface area contributed by atoms with Crippen molar-refractivity contribution in [1.29, 1.82) is 0 Å². The van der Waals surface area contributed by atoms with Gasteiger partial charge in [0.05, 0.1) is 17.4 Å². The van der Waals surface area contributed by atoms with E-state index in [0.717, 1.165) is 24.1 Å². The summed E-state index contributed by atoms with van der Waals surface area (Å²) in [4.78, 5) is 12.2. The minimum Gasteiger partial charge on any atom is -0.395 e. The Morgan fingerprint density at radius 3 is 2.75 bits per heavy atom. The number of aryl methyl sites for hydroxylation is 1. The number of aromatic nitrogens is 2. The third-order valence-corrected chi connectivity index (χ3v) is 3.25. The minimum absolute atomic E-state index is 0.0885. The molecule has 0 bridgehead atoms. The van der Waals surface area contributed by atoms with E-state index in [4.69, 9.17) is 5.73 Å². The van der Waals surface area contributed by atoms with Crippen molar-refractivity contribution in [2.75, 3.05) is 5.73 Å². The van der Waals surface area contributed by atoms with Gasteiger partial charge in [-0.1, -0.05) is 43.7 Å². The van der Waals surface area contributed by atoms with E-state index >= 15 is 0 Å². The van der Waals surface area contributed by atoms with Crippen LogP contribution in [0, 0.1) is 0 Å². The zero-order chi connectivity index (χ0) is 14.5. The molecular weight excluding hydrogens is 252 g/mol. The van der Waals surface area contributed by atoms with Crippen molar-refractivity contribution < 1.29 is 4.79 Å². The fourth-order valence-corrected chi connectivity index (χ4v) is 2.09. The Labute approximate surface area is 118 Å². The van der Waals surface area contributed by atoms with E-state index in [2.05, 4.69) is 22.4 Å². The topological polar surface area (TPSA) is 83.8 Å². The third-order valence-electron chi connectivity index (χ3n) is 3.25. The molecule has 0 radical (unpaired) electrons. The Hall–Kier alpha value is -2.30. The molecule has 1 heterocycles. The van der Waals surface area contributed by atoms with Gasteiger partial charge in [-0.05, 0) is 18.9 Å². The number of anilines is 1. The number of H-pyrrole nitrogens is 1. The molecular formula is C15H20N4O. The number of nitrogens with two attached hydrogens (primary N) is 1. The first-order valence-electron chi connectivity index (χ1n) is 6.82. The Kier molecular flexibility index (Phi) is 4.40. The molecule has 1 aromatic carbocycles. The zero-order valence-electron chi connectivity index (χ0n) is 11.8. The fourth-order valence-electron chi connectivity index (χ4n) is 2.09. The number of rotatable bonds is 5. The van der Waals surface area contributed by atoms with Gasteiger partial charge < -0.3 is 11.1 Å². The number of amides is 1. The lowest BCUT2D eigenvalue weighted by atomic mass is 10.1. The number of carbonyl (C=O) groups excluding carboxylic acids is 1. The van der Waals surface area contributed by atoms with Crippen molar-refractivity contribution in [2.45, 2.75) is 32.7 Å². The molecule has 1 aromatic heterocycles. The van der Waals surface area contributed by atoms with Gasteiger partial charge in [0.15, 0.2) is 5.69 Å². The molecule has 2 aromatic rings. The maximum atomic E-state index is 12.2. The number of aromatic amines is 1. The molecule has 0 aliphatic rings. The Balaban J connectivity index is 2.09. The number of nitrogens with one attached hydrogen (secondary N) is 2. The van der Waals surface area contributed by atoms with Crippen molar-refractivity contribution >= 4 is 11.6 Å². The summed E-state index contributed by atoms with van der Waals surface area (Å²) in [5, 5.41) is 9.76. The summed E-state index contributed by atoms with van der Waals surface area (Å²) in [5.74, 6) is -0.252. The molecule has 2 rings (SSSR count). The number of carbonyl (C=O) groups is 1. The van der Waals surface area contributed by atoms with E-state index in [9.17, 15) is 4.79 Å². The van der Waals surface area contributed by atoms with Crippen LogP contribution in [-0.2, 0) is 6.42 Å². The zero-order valence-corrected chi connectivity index (χ0v) is 11.8. The Morgan fingerprint density at radius 2 is 2.10 bits per heavy atom. The van der Waals surface area contributed by atoms with Gasteiger partial charge in [-0.3, -0.25) is 9.89 Å². The van der Waals surface area contributed by atoms with E-state index < -0.39 is 0 Å². The van der Waals surface area contributed by atoms with Gasteiger partial charge in [0.2, 0.25) is 0 Å². The lowest BCUT2D eigenvalue weighted by Crippen LogP contribution is -2.27. The second kappa shape index (κ2) is 6.23. The molecule has 5 heteroatoms. The summed E-state index contributed by atoms with van der Waals surface area (Å²) in [6.45, 7) is 3.99. The molecule has 20 heavy (non-hydrogen) atoms. The van der Waals surface area contributed by atoms with Crippen LogP contribution in [0.2, 0.25) is 0 Å². The molecule has 0 aliphatic carbocycles. The van der Waals surface area contributed by atoms with Gasteiger partial charge in [-0.2, -0.15) is 5.10 Å².